The van der Waals surface area contributed by atoms with Crippen LogP contribution in [-0.4, -0.2) is 26.5 Å². The molecule has 3 aromatic rings. The molecule has 0 bridgehead atoms. The van der Waals surface area contributed by atoms with Gasteiger partial charge in [-0.3, -0.25) is 5.10 Å². The number of carboxylic acids is 1. The summed E-state index contributed by atoms with van der Waals surface area (Å²) in [6.45, 7) is 0. The Kier molecular flexibility index (Phi) is 4.21. The fraction of sp³-hybridized carbons (Fsp3) is 0. The predicted octanol–water partition coefficient (Wildman–Crippen LogP) is 3.99. The molecular weight excluding hydrogens is 314 g/mol. The van der Waals surface area contributed by atoms with Gasteiger partial charge in [-0.05, 0) is 34.9 Å². The number of aromatic carboxylic acids is 1. The number of H-pyrrole nitrogens is 1. The number of hydrogen-bond acceptors (Lipinski definition) is 3. The number of hydrogen-bond donors (Lipinski definition) is 2. The van der Waals surface area contributed by atoms with E-state index in [2.05, 4.69) is 15.4 Å². The lowest BCUT2D eigenvalue weighted by Crippen LogP contribution is -1.98. The van der Waals surface area contributed by atoms with E-state index in [9.17, 15) is 4.79 Å². The molecule has 0 saturated carbocycles. The highest BCUT2D eigenvalue weighted by molar-refractivity contribution is 6.30. The third kappa shape index (κ3) is 3.46. The van der Waals surface area contributed by atoms with Crippen molar-refractivity contribution >= 4 is 29.7 Å². The number of carbonyl (C=O) groups is 1. The lowest BCUT2D eigenvalue weighted by atomic mass is 10.0. The van der Waals surface area contributed by atoms with Crippen LogP contribution in [0.15, 0.2) is 48.5 Å². The van der Waals surface area contributed by atoms with Gasteiger partial charge in [0.1, 0.15) is 0 Å². The molecule has 0 saturated heterocycles. The van der Waals surface area contributed by atoms with Gasteiger partial charge in [-0.1, -0.05) is 59.3 Å². The third-order valence-electron chi connectivity index (χ3n) is 3.29. The second-order valence-electron chi connectivity index (χ2n) is 4.84. The number of halogens is 1. The topological polar surface area (TPSA) is 78.9 Å². The first-order chi connectivity index (χ1) is 11.1. The van der Waals surface area contributed by atoms with E-state index in [1.54, 1.807) is 12.2 Å². The molecule has 2 aromatic carbocycles. The Labute approximate surface area is 137 Å². The maximum Gasteiger partial charge on any atom is 0.358 e. The number of aromatic nitrogens is 3. The Balaban J connectivity index is 1.81. The fourth-order valence-electron chi connectivity index (χ4n) is 2.14. The van der Waals surface area contributed by atoms with Crippen LogP contribution < -0.4 is 0 Å². The van der Waals surface area contributed by atoms with Gasteiger partial charge >= 0.3 is 5.97 Å². The van der Waals surface area contributed by atoms with Crippen molar-refractivity contribution in [1.29, 1.82) is 0 Å². The molecule has 0 radical (unpaired) electrons. The highest BCUT2D eigenvalue weighted by Gasteiger charge is 2.11. The number of nitrogens with one attached hydrogen (secondary N) is 1. The van der Waals surface area contributed by atoms with Crippen molar-refractivity contribution < 1.29 is 9.90 Å². The van der Waals surface area contributed by atoms with E-state index in [1.165, 1.54) is 0 Å². The van der Waals surface area contributed by atoms with Gasteiger partial charge in [0.25, 0.3) is 0 Å². The summed E-state index contributed by atoms with van der Waals surface area (Å²) in [5.74, 6) is -1.12. The second kappa shape index (κ2) is 6.46. The number of carboxylic acid groups (broad SMARTS) is 1. The van der Waals surface area contributed by atoms with Gasteiger partial charge in [0, 0.05) is 5.02 Å². The van der Waals surface area contributed by atoms with E-state index in [-0.39, 0.29) is 5.69 Å². The predicted molar refractivity (Wildman–Crippen MR) is 89.2 cm³/mol. The minimum absolute atomic E-state index is 0.100. The van der Waals surface area contributed by atoms with Gasteiger partial charge in [0.05, 0.1) is 5.69 Å². The van der Waals surface area contributed by atoms with Gasteiger partial charge in [0.2, 0.25) is 0 Å². The molecule has 0 amide bonds. The zero-order chi connectivity index (χ0) is 16.2. The zero-order valence-electron chi connectivity index (χ0n) is 11.9. The molecule has 3 rings (SSSR count). The number of benzene rings is 2. The van der Waals surface area contributed by atoms with Gasteiger partial charge in [-0.15, -0.1) is 5.10 Å². The fourth-order valence-corrected chi connectivity index (χ4v) is 2.33. The van der Waals surface area contributed by atoms with Crippen molar-refractivity contribution in [3.05, 3.63) is 70.5 Å². The van der Waals surface area contributed by atoms with E-state index in [4.69, 9.17) is 16.7 Å². The Bertz CT molecular complexity index is 870. The lowest BCUT2D eigenvalue weighted by Gasteiger charge is -2.02. The van der Waals surface area contributed by atoms with Crippen LogP contribution in [0.2, 0.25) is 5.02 Å². The SMILES string of the molecule is O=C(O)c1nn[nH]c1C=Cc1ccc(-c2cccc(Cl)c2)cc1. The molecule has 2 N–H and O–H groups in total. The molecule has 5 nitrogen and oxygen atoms in total. The van der Waals surface area contributed by atoms with Crippen LogP contribution in [0.25, 0.3) is 23.3 Å². The summed E-state index contributed by atoms with van der Waals surface area (Å²) >= 11 is 6.00. The Hall–Kier alpha value is -2.92. The van der Waals surface area contributed by atoms with Gasteiger partial charge in [-0.2, -0.15) is 0 Å². The molecule has 114 valence electrons. The largest absolute Gasteiger partial charge is 0.476 e. The summed E-state index contributed by atoms with van der Waals surface area (Å²) in [7, 11) is 0. The third-order valence-corrected chi connectivity index (χ3v) is 3.52. The van der Waals surface area contributed by atoms with E-state index in [0.29, 0.717) is 10.7 Å². The standard InChI is InChI=1S/C17H12ClN3O2/c18-14-3-1-2-13(10-14)12-7-4-11(5-8-12)6-9-15-16(17(22)23)20-21-19-15/h1-10H,(H,22,23)(H,19,20,21). The summed E-state index contributed by atoms with van der Waals surface area (Å²) in [6.07, 6.45) is 3.43. The van der Waals surface area contributed by atoms with E-state index < -0.39 is 5.97 Å². The molecular formula is C17H12ClN3O2. The van der Waals surface area contributed by atoms with E-state index in [1.807, 2.05) is 48.5 Å². The smallest absolute Gasteiger partial charge is 0.358 e. The zero-order valence-corrected chi connectivity index (χ0v) is 12.7. The van der Waals surface area contributed by atoms with Crippen LogP contribution in [0.5, 0.6) is 0 Å². The molecule has 0 fully saturated rings. The minimum Gasteiger partial charge on any atom is -0.476 e. The monoisotopic (exact) mass is 325 g/mol. The maximum atomic E-state index is 11.0. The summed E-state index contributed by atoms with van der Waals surface area (Å²) < 4.78 is 0. The highest BCUT2D eigenvalue weighted by atomic mass is 35.5. The van der Waals surface area contributed by atoms with Crippen molar-refractivity contribution in [3.8, 4) is 11.1 Å². The van der Waals surface area contributed by atoms with Crippen molar-refractivity contribution in [3.63, 3.8) is 0 Å². The van der Waals surface area contributed by atoms with Crippen molar-refractivity contribution in [2.24, 2.45) is 0 Å². The molecule has 0 aliphatic carbocycles. The van der Waals surface area contributed by atoms with Crippen LogP contribution in [-0.2, 0) is 0 Å². The minimum atomic E-state index is -1.12. The maximum absolute atomic E-state index is 11.0. The molecule has 0 aliphatic rings. The lowest BCUT2D eigenvalue weighted by molar-refractivity contribution is 0.0690. The average Bonchev–Trinajstić information content (AvgIpc) is 3.02. The summed E-state index contributed by atoms with van der Waals surface area (Å²) in [4.78, 5) is 11.0. The summed E-state index contributed by atoms with van der Waals surface area (Å²) in [5, 5.41) is 19.2. The molecule has 1 heterocycles. The summed E-state index contributed by atoms with van der Waals surface area (Å²) in [6, 6.07) is 15.5. The van der Waals surface area contributed by atoms with Crippen molar-refractivity contribution in [2.45, 2.75) is 0 Å². The van der Waals surface area contributed by atoms with Crippen LogP contribution in [0.1, 0.15) is 21.7 Å². The van der Waals surface area contributed by atoms with Crippen LogP contribution in [0, 0.1) is 0 Å². The molecule has 0 unspecified atom stereocenters. The van der Waals surface area contributed by atoms with Gasteiger partial charge < -0.3 is 5.11 Å². The van der Waals surface area contributed by atoms with Crippen molar-refractivity contribution in [1.82, 2.24) is 15.4 Å². The number of aromatic amines is 1. The molecule has 6 heteroatoms. The molecule has 23 heavy (non-hydrogen) atoms. The number of rotatable bonds is 4. The quantitative estimate of drug-likeness (QED) is 0.760. The summed E-state index contributed by atoms with van der Waals surface area (Å²) in [5.41, 5.74) is 3.29. The number of nitrogens with zero attached hydrogens (tertiary/aromatic N) is 2. The first-order valence-corrected chi connectivity index (χ1v) is 7.20. The Morgan fingerprint density at radius 3 is 2.57 bits per heavy atom. The molecule has 0 spiro atoms. The van der Waals surface area contributed by atoms with Crippen LogP contribution in [0.3, 0.4) is 0 Å². The Morgan fingerprint density at radius 1 is 1.09 bits per heavy atom. The van der Waals surface area contributed by atoms with Crippen molar-refractivity contribution in [2.75, 3.05) is 0 Å². The van der Waals surface area contributed by atoms with Gasteiger partial charge in [0.15, 0.2) is 5.69 Å². The average molecular weight is 326 g/mol. The second-order valence-corrected chi connectivity index (χ2v) is 5.28. The van der Waals surface area contributed by atoms with Crippen LogP contribution >= 0.6 is 11.6 Å². The van der Waals surface area contributed by atoms with Gasteiger partial charge in [-0.25, -0.2) is 4.79 Å². The molecule has 0 aliphatic heterocycles. The molecule has 0 atom stereocenters. The first-order valence-electron chi connectivity index (χ1n) is 6.82. The van der Waals surface area contributed by atoms with Crippen LogP contribution in [0.4, 0.5) is 0 Å². The highest BCUT2D eigenvalue weighted by Crippen LogP contribution is 2.23. The molecule has 1 aromatic heterocycles. The Morgan fingerprint density at radius 2 is 1.87 bits per heavy atom. The van der Waals surface area contributed by atoms with E-state index >= 15 is 0 Å². The first kappa shape index (κ1) is 15.0. The van der Waals surface area contributed by atoms with E-state index in [0.717, 1.165) is 16.7 Å². The normalized spacial score (nSPS) is 11.0.